The van der Waals surface area contributed by atoms with Crippen molar-refractivity contribution >= 4 is 11.9 Å². The maximum Gasteiger partial charge on any atom is 0.306 e. The van der Waals surface area contributed by atoms with E-state index in [2.05, 4.69) is 50.3 Å². The number of esters is 2. The molecule has 5 heteroatoms. The van der Waals surface area contributed by atoms with Crippen molar-refractivity contribution in [2.45, 2.75) is 457 Å². The van der Waals surface area contributed by atoms with Gasteiger partial charge < -0.3 is 14.6 Å². The lowest BCUT2D eigenvalue weighted by Gasteiger charge is -2.15. The first kappa shape index (κ1) is 84.1. The Bertz CT molecular complexity index is 1370. The molecule has 0 bridgehead atoms. The second-order valence-electron chi connectivity index (χ2n) is 27.2. The first-order valence-electron chi connectivity index (χ1n) is 39.5. The minimum atomic E-state index is -0.770. The molecule has 5 nitrogen and oxygen atoms in total. The third kappa shape index (κ3) is 74.6. The fourth-order valence-electron chi connectivity index (χ4n) is 12.5. The first-order valence-corrected chi connectivity index (χ1v) is 39.5. The van der Waals surface area contributed by atoms with Crippen molar-refractivity contribution in [1.82, 2.24) is 0 Å². The van der Waals surface area contributed by atoms with Gasteiger partial charge in [-0.1, -0.05) is 423 Å². The molecule has 0 rings (SSSR count). The van der Waals surface area contributed by atoms with Crippen molar-refractivity contribution in [2.24, 2.45) is 0 Å². The van der Waals surface area contributed by atoms with Crippen molar-refractivity contribution in [3.63, 3.8) is 0 Å². The average Bonchev–Trinajstić information content (AvgIpc) is 3.53. The molecule has 0 aromatic rings. The lowest BCUT2D eigenvalue weighted by molar-refractivity contribution is -0.161. The van der Waals surface area contributed by atoms with Gasteiger partial charge >= 0.3 is 11.9 Å². The number of rotatable bonds is 75. The summed E-state index contributed by atoms with van der Waals surface area (Å²) in [6, 6.07) is 0. The van der Waals surface area contributed by atoms with Gasteiger partial charge in [-0.05, 0) is 51.4 Å². The molecular formula is C81H154O5. The number of aliphatic hydroxyl groups excluding tert-OH is 1. The molecule has 0 aromatic carbocycles. The van der Waals surface area contributed by atoms with E-state index in [1.807, 2.05) is 0 Å². The van der Waals surface area contributed by atoms with E-state index >= 15 is 0 Å². The van der Waals surface area contributed by atoms with Crippen LogP contribution in [0.3, 0.4) is 0 Å². The van der Waals surface area contributed by atoms with Gasteiger partial charge in [0.15, 0.2) is 6.10 Å². The molecule has 0 spiro atoms. The van der Waals surface area contributed by atoms with Crippen LogP contribution in [0.15, 0.2) is 36.5 Å². The van der Waals surface area contributed by atoms with E-state index in [1.54, 1.807) is 0 Å². The molecule has 0 radical (unpaired) electrons. The summed E-state index contributed by atoms with van der Waals surface area (Å²) in [6.07, 6.45) is 104. The second-order valence-corrected chi connectivity index (χ2v) is 27.2. The quantitative estimate of drug-likeness (QED) is 0.0373. The van der Waals surface area contributed by atoms with Crippen LogP contribution in [-0.4, -0.2) is 36.4 Å². The van der Waals surface area contributed by atoms with Gasteiger partial charge in [-0.3, -0.25) is 9.59 Å². The highest BCUT2D eigenvalue weighted by Gasteiger charge is 2.16. The Balaban J connectivity index is 3.36. The maximum atomic E-state index is 12.4. The Hall–Kier alpha value is -1.88. The van der Waals surface area contributed by atoms with Gasteiger partial charge in [0, 0.05) is 12.8 Å². The van der Waals surface area contributed by atoms with Crippen molar-refractivity contribution in [1.29, 1.82) is 0 Å². The molecule has 0 aliphatic carbocycles. The number of unbranched alkanes of at least 4 members (excludes halogenated alkanes) is 61. The molecule has 0 aliphatic heterocycles. The van der Waals surface area contributed by atoms with Gasteiger partial charge in [-0.25, -0.2) is 0 Å². The predicted molar refractivity (Wildman–Crippen MR) is 381 cm³/mol. The number of aliphatic hydroxyl groups is 1. The van der Waals surface area contributed by atoms with Crippen LogP contribution in [0.25, 0.3) is 0 Å². The van der Waals surface area contributed by atoms with Crippen molar-refractivity contribution in [2.75, 3.05) is 13.2 Å². The van der Waals surface area contributed by atoms with E-state index in [-0.39, 0.29) is 25.2 Å². The molecule has 0 heterocycles. The van der Waals surface area contributed by atoms with Gasteiger partial charge in [0.1, 0.15) is 6.61 Å². The van der Waals surface area contributed by atoms with E-state index in [9.17, 15) is 14.7 Å². The van der Waals surface area contributed by atoms with E-state index in [4.69, 9.17) is 9.47 Å². The smallest absolute Gasteiger partial charge is 0.306 e. The summed E-state index contributed by atoms with van der Waals surface area (Å²) in [5, 5.41) is 9.73. The number of carbonyl (C=O) groups is 2. The standard InChI is InChI=1S/C81H154O5/c1-3-5-7-9-11-13-15-17-19-21-23-25-27-29-31-33-35-37-39-40-42-44-46-48-50-52-54-56-58-60-62-64-66-68-70-72-74-76-81(84)86-79(77-82)78-85-80(83)75-73-71-69-67-65-63-61-59-57-55-53-51-49-47-45-43-41-38-36-34-32-30-28-26-24-22-20-18-16-14-12-10-8-6-4-2/h15,17,21,23,27,29,79,82H,3-14,16,18-20,22,24-26,28,30-78H2,1-2H3/b17-15-,23-21-,29-27-. The Kier molecular flexibility index (Phi) is 75.7. The van der Waals surface area contributed by atoms with Gasteiger partial charge in [0.05, 0.1) is 6.61 Å². The highest BCUT2D eigenvalue weighted by Crippen LogP contribution is 2.20. The molecule has 0 aromatic heterocycles. The topological polar surface area (TPSA) is 72.8 Å². The Morgan fingerprint density at radius 3 is 0.698 bits per heavy atom. The lowest BCUT2D eigenvalue weighted by atomic mass is 10.0. The number of carbonyl (C=O) groups excluding carboxylic acids is 2. The zero-order chi connectivity index (χ0) is 61.9. The van der Waals surface area contributed by atoms with Crippen LogP contribution in [0.5, 0.6) is 0 Å². The summed E-state index contributed by atoms with van der Waals surface area (Å²) in [5.41, 5.74) is 0. The highest BCUT2D eigenvalue weighted by atomic mass is 16.6. The predicted octanol–water partition coefficient (Wildman–Crippen LogP) is 27.7. The van der Waals surface area contributed by atoms with Gasteiger partial charge in [0.2, 0.25) is 0 Å². The largest absolute Gasteiger partial charge is 0.462 e. The molecule has 0 saturated carbocycles. The summed E-state index contributed by atoms with van der Waals surface area (Å²) in [5.74, 6) is -0.561. The van der Waals surface area contributed by atoms with Gasteiger partial charge in [-0.2, -0.15) is 0 Å². The minimum Gasteiger partial charge on any atom is -0.462 e. The van der Waals surface area contributed by atoms with Crippen molar-refractivity contribution < 1.29 is 24.2 Å². The molecule has 0 amide bonds. The fourth-order valence-corrected chi connectivity index (χ4v) is 12.5. The Morgan fingerprint density at radius 2 is 0.465 bits per heavy atom. The normalized spacial score (nSPS) is 12.3. The Morgan fingerprint density at radius 1 is 0.267 bits per heavy atom. The summed E-state index contributed by atoms with van der Waals surface area (Å²) in [4.78, 5) is 24.7. The zero-order valence-electron chi connectivity index (χ0n) is 58.6. The molecular weight excluding hydrogens is 1050 g/mol. The molecule has 1 unspecified atom stereocenters. The van der Waals surface area contributed by atoms with Gasteiger partial charge in [-0.15, -0.1) is 0 Å². The van der Waals surface area contributed by atoms with Crippen LogP contribution >= 0.6 is 0 Å². The second kappa shape index (κ2) is 77.4. The van der Waals surface area contributed by atoms with Gasteiger partial charge in [0.25, 0.3) is 0 Å². The molecule has 1 N–H and O–H groups in total. The lowest BCUT2D eigenvalue weighted by Crippen LogP contribution is -2.28. The molecule has 1 atom stereocenters. The van der Waals surface area contributed by atoms with Crippen molar-refractivity contribution in [3.05, 3.63) is 36.5 Å². The number of hydrogen-bond acceptors (Lipinski definition) is 5. The van der Waals surface area contributed by atoms with E-state index in [1.165, 1.54) is 379 Å². The summed E-state index contributed by atoms with van der Waals surface area (Å²) in [7, 11) is 0. The zero-order valence-corrected chi connectivity index (χ0v) is 58.6. The van der Waals surface area contributed by atoms with Crippen LogP contribution in [0.1, 0.15) is 450 Å². The van der Waals surface area contributed by atoms with Crippen LogP contribution in [0, 0.1) is 0 Å². The van der Waals surface area contributed by atoms with E-state index < -0.39 is 6.10 Å². The van der Waals surface area contributed by atoms with E-state index in [0.717, 1.165) is 44.9 Å². The van der Waals surface area contributed by atoms with Crippen LogP contribution < -0.4 is 0 Å². The average molecular weight is 1210 g/mol. The molecule has 0 saturated heterocycles. The molecule has 0 aliphatic rings. The summed E-state index contributed by atoms with van der Waals surface area (Å²) >= 11 is 0. The SMILES string of the molecule is CCCCCCC/C=C\C/C=C\C/C=C\CCCCCCCCCCCCCCCCCCCCCCCCC(=O)OC(CO)COC(=O)CCCCCCCCCCCCCCCCCCCCCCCCCCCCCCCCCCCCC. The fraction of sp³-hybridized carbons (Fsp3) is 0.901. The monoisotopic (exact) mass is 1210 g/mol. The summed E-state index contributed by atoms with van der Waals surface area (Å²) < 4.78 is 10.8. The van der Waals surface area contributed by atoms with Crippen LogP contribution in [-0.2, 0) is 19.1 Å². The molecule has 508 valence electrons. The number of ether oxygens (including phenoxy) is 2. The molecule has 86 heavy (non-hydrogen) atoms. The van der Waals surface area contributed by atoms with Crippen LogP contribution in [0.4, 0.5) is 0 Å². The highest BCUT2D eigenvalue weighted by molar-refractivity contribution is 5.70. The number of allylic oxidation sites excluding steroid dienone is 6. The maximum absolute atomic E-state index is 12.4. The Labute approximate surface area is 539 Å². The number of hydrogen-bond donors (Lipinski definition) is 1. The third-order valence-electron chi connectivity index (χ3n) is 18.4. The van der Waals surface area contributed by atoms with Crippen molar-refractivity contribution in [3.8, 4) is 0 Å². The first-order chi connectivity index (χ1) is 42.6. The van der Waals surface area contributed by atoms with Crippen LogP contribution in [0.2, 0.25) is 0 Å². The third-order valence-corrected chi connectivity index (χ3v) is 18.4. The van der Waals surface area contributed by atoms with E-state index in [0.29, 0.717) is 12.8 Å². The molecule has 0 fully saturated rings. The summed E-state index contributed by atoms with van der Waals surface area (Å²) in [6.45, 7) is 4.20. The minimum absolute atomic E-state index is 0.0580.